The van der Waals surface area contributed by atoms with Gasteiger partial charge in [0.25, 0.3) is 0 Å². The van der Waals surface area contributed by atoms with Crippen molar-refractivity contribution >= 4 is 28.9 Å². The van der Waals surface area contributed by atoms with Crippen molar-refractivity contribution in [2.45, 2.75) is 0 Å². The Hall–Kier alpha value is -1.12. The van der Waals surface area contributed by atoms with Crippen LogP contribution >= 0.6 is 23.2 Å². The summed E-state index contributed by atoms with van der Waals surface area (Å²) in [6.45, 7) is 0.698. The van der Waals surface area contributed by atoms with Gasteiger partial charge in [0.1, 0.15) is 0 Å². The van der Waals surface area contributed by atoms with Crippen molar-refractivity contribution in [1.82, 2.24) is 0 Å². The molecule has 0 radical (unpaired) electrons. The largest absolute Gasteiger partial charge is 0.482 e. The number of methoxy groups -OCH3 is 1. The van der Waals surface area contributed by atoms with Crippen LogP contribution in [0, 0.1) is 0 Å². The van der Waals surface area contributed by atoms with Crippen LogP contribution in [0.15, 0.2) is 42.3 Å². The molecule has 84 valence electrons. The summed E-state index contributed by atoms with van der Waals surface area (Å²) in [5, 5.41) is 1.23. The van der Waals surface area contributed by atoms with Crippen molar-refractivity contribution < 1.29 is 4.74 Å². The van der Waals surface area contributed by atoms with Crippen LogP contribution in [0.1, 0.15) is 0 Å². The Morgan fingerprint density at radius 2 is 1.94 bits per heavy atom. The first kappa shape index (κ1) is 11.4. The van der Waals surface area contributed by atoms with E-state index in [-0.39, 0.29) is 0 Å². The number of halogens is 2. The van der Waals surface area contributed by atoms with Gasteiger partial charge >= 0.3 is 0 Å². The predicted molar refractivity (Wildman–Crippen MR) is 68.0 cm³/mol. The Balaban J connectivity index is 2.45. The number of benzene rings is 1. The van der Waals surface area contributed by atoms with Gasteiger partial charge in [-0.25, -0.2) is 0 Å². The summed E-state index contributed by atoms with van der Waals surface area (Å²) in [7, 11) is 1.63. The number of ether oxygens (including phenoxy) is 1. The topological polar surface area (TPSA) is 12.5 Å². The highest BCUT2D eigenvalue weighted by Crippen LogP contribution is 2.36. The molecular weight excluding hydrogens is 245 g/mol. The fourth-order valence-electron chi connectivity index (χ4n) is 1.62. The van der Waals surface area contributed by atoms with E-state index in [0.29, 0.717) is 16.6 Å². The summed E-state index contributed by atoms with van der Waals surface area (Å²) in [5.41, 5.74) is 0.781. The Kier molecular flexibility index (Phi) is 3.42. The van der Waals surface area contributed by atoms with Crippen LogP contribution < -0.4 is 4.90 Å². The maximum Gasteiger partial charge on any atom is 0.193 e. The van der Waals surface area contributed by atoms with E-state index in [4.69, 9.17) is 27.9 Å². The van der Waals surface area contributed by atoms with Crippen LogP contribution in [0.4, 0.5) is 5.69 Å². The lowest BCUT2D eigenvalue weighted by atomic mass is 10.2. The van der Waals surface area contributed by atoms with Crippen molar-refractivity contribution in [1.29, 1.82) is 0 Å². The smallest absolute Gasteiger partial charge is 0.193 e. The van der Waals surface area contributed by atoms with E-state index in [0.717, 1.165) is 11.6 Å². The molecule has 0 fully saturated rings. The quantitative estimate of drug-likeness (QED) is 0.796. The standard InChI is InChI=1S/C12H11Cl2NO/c1-16-11-7-2-3-8-15(11)12-9(13)5-4-6-10(12)14/h2-7H,8H2,1H3. The molecule has 0 N–H and O–H groups in total. The molecule has 1 aromatic rings. The lowest BCUT2D eigenvalue weighted by Crippen LogP contribution is -2.26. The summed E-state index contributed by atoms with van der Waals surface area (Å²) in [4.78, 5) is 1.94. The van der Waals surface area contributed by atoms with Crippen molar-refractivity contribution in [2.24, 2.45) is 0 Å². The van der Waals surface area contributed by atoms with E-state index in [1.54, 1.807) is 7.11 Å². The summed E-state index contributed by atoms with van der Waals surface area (Å²) >= 11 is 12.3. The van der Waals surface area contributed by atoms with Gasteiger partial charge in [-0.1, -0.05) is 41.4 Å². The van der Waals surface area contributed by atoms with Crippen molar-refractivity contribution in [2.75, 3.05) is 18.6 Å². The second-order valence-electron chi connectivity index (χ2n) is 3.32. The van der Waals surface area contributed by atoms with Gasteiger partial charge in [-0.2, -0.15) is 0 Å². The molecular formula is C12H11Cl2NO. The Morgan fingerprint density at radius 1 is 1.25 bits per heavy atom. The molecule has 0 bridgehead atoms. The van der Waals surface area contributed by atoms with Gasteiger partial charge < -0.3 is 9.64 Å². The maximum atomic E-state index is 6.15. The molecule has 0 saturated carbocycles. The van der Waals surface area contributed by atoms with Crippen molar-refractivity contribution in [3.63, 3.8) is 0 Å². The average molecular weight is 256 g/mol. The minimum absolute atomic E-state index is 0.616. The molecule has 1 aliphatic rings. The molecule has 16 heavy (non-hydrogen) atoms. The number of hydrogen-bond acceptors (Lipinski definition) is 2. The third kappa shape index (κ3) is 2.04. The number of allylic oxidation sites excluding steroid dienone is 2. The highest BCUT2D eigenvalue weighted by Gasteiger charge is 2.18. The SMILES string of the molecule is COC1=CC=CCN1c1c(Cl)cccc1Cl. The molecule has 0 aromatic heterocycles. The van der Waals surface area contributed by atoms with Gasteiger partial charge in [-0.15, -0.1) is 0 Å². The van der Waals surface area contributed by atoms with Gasteiger partial charge in [0.2, 0.25) is 0 Å². The lowest BCUT2D eigenvalue weighted by Gasteiger charge is -2.28. The molecule has 2 nitrogen and oxygen atoms in total. The first-order valence-electron chi connectivity index (χ1n) is 4.86. The zero-order valence-corrected chi connectivity index (χ0v) is 10.3. The Labute approximate surface area is 105 Å². The molecule has 0 atom stereocenters. The monoisotopic (exact) mass is 255 g/mol. The highest BCUT2D eigenvalue weighted by molar-refractivity contribution is 6.39. The van der Waals surface area contributed by atoms with Crippen LogP contribution in [0.3, 0.4) is 0 Å². The van der Waals surface area contributed by atoms with Gasteiger partial charge in [-0.05, 0) is 18.2 Å². The van der Waals surface area contributed by atoms with Gasteiger partial charge in [0.05, 0.1) is 22.8 Å². The fourth-order valence-corrected chi connectivity index (χ4v) is 2.22. The lowest BCUT2D eigenvalue weighted by molar-refractivity contribution is 0.280. The number of anilines is 1. The second-order valence-corrected chi connectivity index (χ2v) is 4.13. The van der Waals surface area contributed by atoms with Crippen LogP contribution in [0.25, 0.3) is 0 Å². The van der Waals surface area contributed by atoms with Crippen LogP contribution in [-0.4, -0.2) is 13.7 Å². The molecule has 0 aliphatic carbocycles. The van der Waals surface area contributed by atoms with Crippen LogP contribution in [0.5, 0.6) is 0 Å². The fraction of sp³-hybridized carbons (Fsp3) is 0.167. The third-order valence-electron chi connectivity index (χ3n) is 2.35. The van der Waals surface area contributed by atoms with E-state index in [1.165, 1.54) is 0 Å². The van der Waals surface area contributed by atoms with E-state index < -0.39 is 0 Å². The average Bonchev–Trinajstić information content (AvgIpc) is 2.29. The number of nitrogens with zero attached hydrogens (tertiary/aromatic N) is 1. The molecule has 1 heterocycles. The first-order chi connectivity index (χ1) is 7.74. The molecule has 4 heteroatoms. The van der Waals surface area contributed by atoms with Crippen LogP contribution in [0.2, 0.25) is 10.0 Å². The zero-order valence-electron chi connectivity index (χ0n) is 8.78. The molecule has 1 aromatic carbocycles. The van der Waals surface area contributed by atoms with E-state index in [1.807, 2.05) is 41.3 Å². The highest BCUT2D eigenvalue weighted by atomic mass is 35.5. The van der Waals surface area contributed by atoms with Crippen molar-refractivity contribution in [3.05, 3.63) is 52.4 Å². The molecule has 2 rings (SSSR count). The predicted octanol–water partition coefficient (Wildman–Crippen LogP) is 3.86. The van der Waals surface area contributed by atoms with Gasteiger partial charge in [-0.3, -0.25) is 0 Å². The maximum absolute atomic E-state index is 6.15. The van der Waals surface area contributed by atoms with Crippen molar-refractivity contribution in [3.8, 4) is 0 Å². The van der Waals surface area contributed by atoms with Crippen LogP contribution in [-0.2, 0) is 4.74 Å². The number of hydrogen-bond donors (Lipinski definition) is 0. The number of para-hydroxylation sites is 1. The molecule has 0 unspecified atom stereocenters. The van der Waals surface area contributed by atoms with E-state index >= 15 is 0 Å². The normalized spacial score (nSPS) is 14.9. The summed E-state index contributed by atoms with van der Waals surface area (Å²) in [5.74, 6) is 0.734. The third-order valence-corrected chi connectivity index (χ3v) is 2.96. The first-order valence-corrected chi connectivity index (χ1v) is 5.62. The minimum Gasteiger partial charge on any atom is -0.482 e. The summed E-state index contributed by atoms with van der Waals surface area (Å²) in [6.07, 6.45) is 5.84. The van der Waals surface area contributed by atoms with Gasteiger partial charge in [0.15, 0.2) is 5.88 Å². The molecule has 0 saturated heterocycles. The minimum atomic E-state index is 0.616. The van der Waals surface area contributed by atoms with E-state index in [2.05, 4.69) is 0 Å². The van der Waals surface area contributed by atoms with E-state index in [9.17, 15) is 0 Å². The second kappa shape index (κ2) is 4.81. The summed E-state index contributed by atoms with van der Waals surface area (Å²) < 4.78 is 5.29. The number of rotatable bonds is 2. The molecule has 0 amide bonds. The zero-order chi connectivity index (χ0) is 11.5. The Morgan fingerprint density at radius 3 is 2.56 bits per heavy atom. The molecule has 0 spiro atoms. The Bertz CT molecular complexity index is 434. The molecule has 1 aliphatic heterocycles. The van der Waals surface area contributed by atoms with Gasteiger partial charge in [0, 0.05) is 6.54 Å². The summed E-state index contributed by atoms with van der Waals surface area (Å²) in [6, 6.07) is 5.45.